The molecule has 0 fully saturated rings. The fourth-order valence-corrected chi connectivity index (χ4v) is 0.363. The molecule has 0 aliphatic heterocycles. The highest BCUT2D eigenvalue weighted by Gasteiger charge is 2.06. The van der Waals surface area contributed by atoms with Crippen LogP contribution in [0.25, 0.3) is 0 Å². The van der Waals surface area contributed by atoms with Gasteiger partial charge in [0.2, 0.25) is 0 Å². The van der Waals surface area contributed by atoms with Gasteiger partial charge in [-0.3, -0.25) is 9.59 Å². The maximum absolute atomic E-state index is 10.2. The summed E-state index contributed by atoms with van der Waals surface area (Å²) in [6, 6.07) is 0. The summed E-state index contributed by atoms with van der Waals surface area (Å²) in [5.41, 5.74) is 0. The van der Waals surface area contributed by atoms with Gasteiger partial charge < -0.3 is 10.2 Å². The minimum Gasteiger partial charge on any atom is -0.509 e. The van der Waals surface area contributed by atoms with Crippen molar-refractivity contribution in [2.45, 2.75) is 13.0 Å². The summed E-state index contributed by atoms with van der Waals surface area (Å²) in [4.78, 5) is 20.0. The first kappa shape index (κ1) is 8.84. The van der Waals surface area contributed by atoms with Gasteiger partial charge in [-0.1, -0.05) is 0 Å². The lowest BCUT2D eigenvalue weighted by atomic mass is 10.2. The van der Waals surface area contributed by atoms with E-state index < -0.39 is 17.6 Å². The van der Waals surface area contributed by atoms with Gasteiger partial charge in [-0.2, -0.15) is 0 Å². The summed E-state index contributed by atoms with van der Waals surface area (Å²) in [6.45, 7) is 1.20. The number of allylic oxidation sites excluding steroid dienone is 1. The van der Waals surface area contributed by atoms with Crippen LogP contribution < -0.4 is 0 Å². The first-order valence-corrected chi connectivity index (χ1v) is 2.62. The molecular formula is C6H8O4. The second kappa shape index (κ2) is 3.79. The highest BCUT2D eigenvalue weighted by atomic mass is 16.3. The predicted octanol–water partition coefficient (Wildman–Crippen LogP) is -0.423. The normalized spacial score (nSPS) is 14.4. The van der Waals surface area contributed by atoms with Crippen molar-refractivity contribution in [3.63, 3.8) is 0 Å². The van der Waals surface area contributed by atoms with Gasteiger partial charge >= 0.3 is 0 Å². The number of carbonyl (C=O) groups is 2. The van der Waals surface area contributed by atoms with Gasteiger partial charge in [0, 0.05) is 6.08 Å². The molecule has 0 spiro atoms. The third kappa shape index (κ3) is 2.99. The molecule has 0 aliphatic rings. The third-order valence-electron chi connectivity index (χ3n) is 0.783. The number of hydrogen-bond acceptors (Lipinski definition) is 4. The van der Waals surface area contributed by atoms with Gasteiger partial charge in [-0.15, -0.1) is 0 Å². The Labute approximate surface area is 57.8 Å². The number of aldehydes is 1. The van der Waals surface area contributed by atoms with Crippen LogP contribution in [-0.2, 0) is 9.59 Å². The molecule has 2 N–H and O–H groups in total. The molecule has 0 heterocycles. The number of ketones is 1. The Morgan fingerprint density at radius 3 is 2.40 bits per heavy atom. The molecule has 0 aromatic rings. The molecule has 4 nitrogen and oxygen atoms in total. The molecule has 56 valence electrons. The van der Waals surface area contributed by atoms with E-state index in [1.54, 1.807) is 0 Å². The van der Waals surface area contributed by atoms with Crippen molar-refractivity contribution in [3.8, 4) is 0 Å². The molecule has 0 radical (unpaired) electrons. The predicted molar refractivity (Wildman–Crippen MR) is 33.5 cm³/mol. The summed E-state index contributed by atoms with van der Waals surface area (Å²) < 4.78 is 0. The maximum atomic E-state index is 10.2. The van der Waals surface area contributed by atoms with E-state index in [-0.39, 0.29) is 6.29 Å². The Balaban J connectivity index is 4.18. The highest BCUT2D eigenvalue weighted by Crippen LogP contribution is 1.93. The number of hydrogen-bond donors (Lipinski definition) is 2. The monoisotopic (exact) mass is 144 g/mol. The van der Waals surface area contributed by atoms with Crippen molar-refractivity contribution in [2.75, 3.05) is 0 Å². The van der Waals surface area contributed by atoms with Crippen LogP contribution in [0.3, 0.4) is 0 Å². The third-order valence-corrected chi connectivity index (χ3v) is 0.783. The van der Waals surface area contributed by atoms with Crippen molar-refractivity contribution >= 4 is 12.1 Å². The van der Waals surface area contributed by atoms with E-state index in [1.165, 1.54) is 6.92 Å². The van der Waals surface area contributed by atoms with Crippen molar-refractivity contribution in [1.82, 2.24) is 0 Å². The zero-order valence-electron chi connectivity index (χ0n) is 5.44. The van der Waals surface area contributed by atoms with Crippen LogP contribution in [0.1, 0.15) is 6.92 Å². The van der Waals surface area contributed by atoms with E-state index in [9.17, 15) is 9.59 Å². The van der Waals surface area contributed by atoms with E-state index in [1.807, 2.05) is 0 Å². The Kier molecular flexibility index (Phi) is 3.35. The fraction of sp³-hybridized carbons (Fsp3) is 0.333. The van der Waals surface area contributed by atoms with Gasteiger partial charge in [-0.25, -0.2) is 0 Å². The molecule has 0 amide bonds. The summed E-state index contributed by atoms with van der Waals surface area (Å²) in [6.07, 6.45) is -0.655. The van der Waals surface area contributed by atoms with Crippen molar-refractivity contribution < 1.29 is 19.8 Å². The van der Waals surface area contributed by atoms with E-state index in [0.29, 0.717) is 0 Å². The minimum atomic E-state index is -1.58. The fourth-order valence-electron chi connectivity index (χ4n) is 0.363. The average molecular weight is 144 g/mol. The van der Waals surface area contributed by atoms with Crippen molar-refractivity contribution in [3.05, 3.63) is 11.8 Å². The number of aliphatic hydroxyl groups excluding tert-OH is 2. The van der Waals surface area contributed by atoms with Crippen molar-refractivity contribution in [1.29, 1.82) is 0 Å². The molecule has 0 unspecified atom stereocenters. The van der Waals surface area contributed by atoms with E-state index in [2.05, 4.69) is 0 Å². The van der Waals surface area contributed by atoms with Crippen molar-refractivity contribution in [2.24, 2.45) is 0 Å². The Hall–Kier alpha value is -1.16. The first-order chi connectivity index (χ1) is 4.57. The lowest BCUT2D eigenvalue weighted by Gasteiger charge is -1.98. The van der Waals surface area contributed by atoms with Crippen LogP contribution >= 0.6 is 0 Å². The lowest BCUT2D eigenvalue weighted by molar-refractivity contribution is -0.114. The summed E-state index contributed by atoms with van der Waals surface area (Å²) >= 11 is 0. The SMILES string of the molecule is CC(=O)C=C(O)[C@@H](O)C=O. The molecule has 0 saturated heterocycles. The topological polar surface area (TPSA) is 74.6 Å². The maximum Gasteiger partial charge on any atom is 0.166 e. The Bertz CT molecular complexity index is 171. The molecule has 0 aliphatic carbocycles. The molecular weight excluding hydrogens is 136 g/mol. The van der Waals surface area contributed by atoms with Gasteiger partial charge in [0.15, 0.2) is 18.2 Å². The molecule has 0 rings (SSSR count). The molecule has 0 saturated carbocycles. The molecule has 10 heavy (non-hydrogen) atoms. The summed E-state index contributed by atoms with van der Waals surface area (Å²) in [7, 11) is 0. The van der Waals surface area contributed by atoms with Gasteiger partial charge in [0.1, 0.15) is 5.76 Å². The van der Waals surface area contributed by atoms with Crippen LogP contribution in [0.2, 0.25) is 0 Å². The Morgan fingerprint density at radius 1 is 1.60 bits per heavy atom. The number of carbonyl (C=O) groups excluding carboxylic acids is 2. The summed E-state index contributed by atoms with van der Waals surface area (Å²) in [5.74, 6) is -1.04. The summed E-state index contributed by atoms with van der Waals surface area (Å²) in [5, 5.41) is 17.2. The zero-order valence-corrected chi connectivity index (χ0v) is 5.44. The smallest absolute Gasteiger partial charge is 0.166 e. The first-order valence-electron chi connectivity index (χ1n) is 2.62. The Morgan fingerprint density at radius 2 is 2.10 bits per heavy atom. The average Bonchev–Trinajstić information content (AvgIpc) is 1.85. The second-order valence-corrected chi connectivity index (χ2v) is 1.76. The van der Waals surface area contributed by atoms with Gasteiger partial charge in [-0.05, 0) is 6.92 Å². The molecule has 0 aromatic heterocycles. The van der Waals surface area contributed by atoms with Crippen LogP contribution in [0.5, 0.6) is 0 Å². The minimum absolute atomic E-state index is 0.134. The van der Waals surface area contributed by atoms with Gasteiger partial charge in [0.25, 0.3) is 0 Å². The molecule has 0 aromatic carbocycles. The van der Waals surface area contributed by atoms with Crippen LogP contribution in [0.4, 0.5) is 0 Å². The van der Waals surface area contributed by atoms with Crippen LogP contribution in [-0.4, -0.2) is 28.4 Å². The molecule has 0 bridgehead atoms. The number of rotatable bonds is 3. The second-order valence-electron chi connectivity index (χ2n) is 1.76. The zero-order chi connectivity index (χ0) is 8.15. The van der Waals surface area contributed by atoms with E-state index in [4.69, 9.17) is 10.2 Å². The number of aliphatic hydroxyl groups is 2. The van der Waals surface area contributed by atoms with E-state index in [0.717, 1.165) is 6.08 Å². The highest BCUT2D eigenvalue weighted by molar-refractivity contribution is 5.88. The van der Waals surface area contributed by atoms with Crippen LogP contribution in [0.15, 0.2) is 11.8 Å². The lowest BCUT2D eigenvalue weighted by Crippen LogP contribution is -2.12. The van der Waals surface area contributed by atoms with Crippen LogP contribution in [0, 0.1) is 0 Å². The quantitative estimate of drug-likeness (QED) is 0.320. The molecule has 1 atom stereocenters. The van der Waals surface area contributed by atoms with E-state index >= 15 is 0 Å². The molecule has 4 heteroatoms. The van der Waals surface area contributed by atoms with Gasteiger partial charge in [0.05, 0.1) is 0 Å². The standard InChI is InChI=1S/C6H8O4/c1-4(8)2-5(9)6(10)3-7/h2-3,6,9-10H,1H3/t6-/m0/s1. The largest absolute Gasteiger partial charge is 0.509 e.